The Hall–Kier alpha value is -2.83. The van der Waals surface area contributed by atoms with Gasteiger partial charge in [-0.1, -0.05) is 0 Å². The molecule has 0 saturated heterocycles. The van der Waals surface area contributed by atoms with Gasteiger partial charge in [0.05, 0.1) is 12.8 Å². The number of hydrogen-bond acceptors (Lipinski definition) is 4. The van der Waals surface area contributed by atoms with Crippen LogP contribution in [0.25, 0.3) is 0 Å². The first-order chi connectivity index (χ1) is 12.0. The van der Waals surface area contributed by atoms with Crippen LogP contribution in [0, 0.1) is 6.92 Å². The molecule has 1 aliphatic rings. The molecule has 1 N–H and O–H groups in total. The van der Waals surface area contributed by atoms with Gasteiger partial charge >= 0.3 is 0 Å². The zero-order chi connectivity index (χ0) is 18.1. The largest absolute Gasteiger partial charge is 0.481 e. The molecule has 0 unspecified atom stereocenters. The molecule has 2 heterocycles. The Bertz CT molecular complexity index is 841. The average Bonchev–Trinajstić information content (AvgIpc) is 2.88. The third kappa shape index (κ3) is 2.97. The lowest BCUT2D eigenvalue weighted by Crippen LogP contribution is -2.34. The summed E-state index contributed by atoms with van der Waals surface area (Å²) in [5.41, 5.74) is 3.71. The summed E-state index contributed by atoms with van der Waals surface area (Å²) in [6.45, 7) is 4.37. The first kappa shape index (κ1) is 17.0. The third-order valence-electron chi connectivity index (χ3n) is 4.44. The number of ether oxygens (including phenoxy) is 1. The summed E-state index contributed by atoms with van der Waals surface area (Å²) in [4.78, 5) is 26.4. The van der Waals surface area contributed by atoms with Crippen molar-refractivity contribution in [2.75, 3.05) is 23.9 Å². The third-order valence-corrected chi connectivity index (χ3v) is 4.44. The number of methoxy groups -OCH3 is 1. The maximum atomic E-state index is 12.7. The van der Waals surface area contributed by atoms with Crippen molar-refractivity contribution in [1.29, 1.82) is 0 Å². The van der Waals surface area contributed by atoms with Gasteiger partial charge in [-0.15, -0.1) is 0 Å². The Morgan fingerprint density at radius 2 is 2.12 bits per heavy atom. The number of carbonyl (C=O) groups is 2. The van der Waals surface area contributed by atoms with Gasteiger partial charge in [0, 0.05) is 31.4 Å². The zero-order valence-electron chi connectivity index (χ0n) is 14.9. The number of rotatable bonds is 4. The smallest absolute Gasteiger partial charge is 0.263 e. The first-order valence-electron chi connectivity index (χ1n) is 8.28. The second-order valence-electron chi connectivity index (χ2n) is 6.03. The SMILES string of the molecule is CCN1C(=O)CCc2cc(NC(=O)c3c(C)nn(C)c3OC)ccc21. The molecule has 0 bridgehead atoms. The molecule has 1 aliphatic heterocycles. The monoisotopic (exact) mass is 342 g/mol. The van der Waals surface area contributed by atoms with E-state index in [1.54, 1.807) is 23.6 Å². The van der Waals surface area contributed by atoms with Gasteiger partial charge in [0.2, 0.25) is 11.8 Å². The summed E-state index contributed by atoms with van der Waals surface area (Å²) in [5.74, 6) is 0.305. The highest BCUT2D eigenvalue weighted by molar-refractivity contribution is 6.07. The molecule has 0 spiro atoms. The molecule has 25 heavy (non-hydrogen) atoms. The molecule has 2 aromatic rings. The predicted molar refractivity (Wildman–Crippen MR) is 95.2 cm³/mol. The van der Waals surface area contributed by atoms with Crippen LogP contribution in [-0.2, 0) is 18.3 Å². The second-order valence-corrected chi connectivity index (χ2v) is 6.03. The van der Waals surface area contributed by atoms with Crippen molar-refractivity contribution in [3.63, 3.8) is 0 Å². The highest BCUT2D eigenvalue weighted by Gasteiger charge is 2.24. The van der Waals surface area contributed by atoms with Crippen LogP contribution >= 0.6 is 0 Å². The molecule has 7 nitrogen and oxygen atoms in total. The van der Waals surface area contributed by atoms with E-state index in [1.807, 2.05) is 25.1 Å². The number of nitrogens with one attached hydrogen (secondary N) is 1. The van der Waals surface area contributed by atoms with Crippen LogP contribution in [0.3, 0.4) is 0 Å². The molecular formula is C18H22N4O3. The first-order valence-corrected chi connectivity index (χ1v) is 8.28. The van der Waals surface area contributed by atoms with Crippen molar-refractivity contribution in [1.82, 2.24) is 9.78 Å². The van der Waals surface area contributed by atoms with Crippen molar-refractivity contribution in [3.8, 4) is 5.88 Å². The number of hydrogen-bond donors (Lipinski definition) is 1. The molecule has 2 amide bonds. The Morgan fingerprint density at radius 3 is 2.80 bits per heavy atom. The van der Waals surface area contributed by atoms with Crippen molar-refractivity contribution < 1.29 is 14.3 Å². The minimum absolute atomic E-state index is 0.141. The second kappa shape index (κ2) is 6.58. The van der Waals surface area contributed by atoms with Gasteiger partial charge in [-0.25, -0.2) is 4.68 Å². The highest BCUT2D eigenvalue weighted by atomic mass is 16.5. The minimum atomic E-state index is -0.262. The molecule has 0 saturated carbocycles. The van der Waals surface area contributed by atoms with Gasteiger partial charge in [-0.2, -0.15) is 5.10 Å². The summed E-state index contributed by atoms with van der Waals surface area (Å²) >= 11 is 0. The van der Waals surface area contributed by atoms with Gasteiger partial charge < -0.3 is 15.0 Å². The van der Waals surface area contributed by atoms with Crippen LogP contribution in [0.1, 0.15) is 35.0 Å². The van der Waals surface area contributed by atoms with Crippen molar-refractivity contribution in [2.45, 2.75) is 26.7 Å². The molecule has 0 atom stereocenters. The van der Waals surface area contributed by atoms with Gasteiger partial charge in [0.15, 0.2) is 0 Å². The molecule has 132 valence electrons. The fourth-order valence-electron chi connectivity index (χ4n) is 3.31. The van der Waals surface area contributed by atoms with Crippen molar-refractivity contribution in [3.05, 3.63) is 35.0 Å². The number of carbonyl (C=O) groups excluding carboxylic acids is 2. The Balaban J connectivity index is 1.87. The maximum absolute atomic E-state index is 12.7. The summed E-state index contributed by atoms with van der Waals surface area (Å²) in [6.07, 6.45) is 1.18. The Kier molecular flexibility index (Phi) is 4.48. The normalized spacial score (nSPS) is 13.6. The van der Waals surface area contributed by atoms with Crippen LogP contribution in [0.5, 0.6) is 5.88 Å². The maximum Gasteiger partial charge on any atom is 0.263 e. The van der Waals surface area contributed by atoms with Crippen LogP contribution in [-0.4, -0.2) is 35.2 Å². The van der Waals surface area contributed by atoms with E-state index in [2.05, 4.69) is 10.4 Å². The Morgan fingerprint density at radius 1 is 1.36 bits per heavy atom. The molecule has 3 rings (SSSR count). The summed E-state index contributed by atoms with van der Waals surface area (Å²) in [5, 5.41) is 7.14. The topological polar surface area (TPSA) is 76.5 Å². The average molecular weight is 342 g/mol. The van der Waals surface area contributed by atoms with Gasteiger partial charge in [0.1, 0.15) is 5.56 Å². The quantitative estimate of drug-likeness (QED) is 0.925. The number of nitrogens with zero attached hydrogens (tertiary/aromatic N) is 3. The standard InChI is InChI=1S/C18H22N4O3/c1-5-22-14-8-7-13(10-12(14)6-9-15(22)23)19-17(24)16-11(2)20-21(3)18(16)25-4/h7-8,10H,5-6,9H2,1-4H3,(H,19,24). The van der Waals surface area contributed by atoms with E-state index in [0.29, 0.717) is 42.2 Å². The van der Waals surface area contributed by atoms with Gasteiger partial charge in [-0.3, -0.25) is 9.59 Å². The number of fused-ring (bicyclic) bond motifs is 1. The number of aromatic nitrogens is 2. The lowest BCUT2D eigenvalue weighted by Gasteiger charge is -2.28. The molecule has 7 heteroatoms. The summed E-state index contributed by atoms with van der Waals surface area (Å²) in [7, 11) is 3.25. The van der Waals surface area contributed by atoms with Gasteiger partial charge in [0.25, 0.3) is 5.91 Å². The molecule has 0 radical (unpaired) electrons. The molecule has 0 fully saturated rings. The van der Waals surface area contributed by atoms with Crippen molar-refractivity contribution in [2.24, 2.45) is 7.05 Å². The van der Waals surface area contributed by atoms with E-state index >= 15 is 0 Å². The number of amides is 2. The van der Waals surface area contributed by atoms with Crippen LogP contribution in [0.2, 0.25) is 0 Å². The fourth-order valence-corrected chi connectivity index (χ4v) is 3.31. The molecule has 1 aromatic heterocycles. The lowest BCUT2D eigenvalue weighted by molar-refractivity contribution is -0.118. The van der Waals surface area contributed by atoms with E-state index in [-0.39, 0.29) is 11.8 Å². The van der Waals surface area contributed by atoms with E-state index < -0.39 is 0 Å². The molecular weight excluding hydrogens is 320 g/mol. The van der Waals surface area contributed by atoms with E-state index in [0.717, 1.165) is 11.3 Å². The van der Waals surface area contributed by atoms with E-state index in [9.17, 15) is 9.59 Å². The van der Waals surface area contributed by atoms with E-state index in [1.165, 1.54) is 7.11 Å². The van der Waals surface area contributed by atoms with Gasteiger partial charge in [-0.05, 0) is 44.0 Å². The number of benzene rings is 1. The van der Waals surface area contributed by atoms with Crippen molar-refractivity contribution >= 4 is 23.2 Å². The van der Waals surface area contributed by atoms with Crippen LogP contribution in [0.4, 0.5) is 11.4 Å². The van der Waals surface area contributed by atoms with E-state index in [4.69, 9.17) is 4.74 Å². The van der Waals surface area contributed by atoms with Crippen LogP contribution in [0.15, 0.2) is 18.2 Å². The lowest BCUT2D eigenvalue weighted by atomic mass is 10.0. The molecule has 0 aliphatic carbocycles. The highest BCUT2D eigenvalue weighted by Crippen LogP contribution is 2.31. The molecule has 1 aromatic carbocycles. The minimum Gasteiger partial charge on any atom is -0.481 e. The predicted octanol–water partition coefficient (Wildman–Crippen LogP) is 2.29. The van der Waals surface area contributed by atoms with Crippen LogP contribution < -0.4 is 15.0 Å². The fraction of sp³-hybridized carbons (Fsp3) is 0.389. The number of aryl methyl sites for hydroxylation is 3. The zero-order valence-corrected chi connectivity index (χ0v) is 14.9. The summed E-state index contributed by atoms with van der Waals surface area (Å²) < 4.78 is 6.83. The number of anilines is 2. The Labute approximate surface area is 146 Å². The summed E-state index contributed by atoms with van der Waals surface area (Å²) in [6, 6.07) is 5.63.